The number of carbonyl (C=O) groups excluding carboxylic acids is 1. The van der Waals surface area contributed by atoms with Crippen LogP contribution in [0.25, 0.3) is 0 Å². The summed E-state index contributed by atoms with van der Waals surface area (Å²) in [4.78, 5) is 25.6. The van der Waals surface area contributed by atoms with Crippen molar-refractivity contribution < 1.29 is 14.7 Å². The lowest BCUT2D eigenvalue weighted by Crippen LogP contribution is -2.48. The van der Waals surface area contributed by atoms with E-state index in [-0.39, 0.29) is 17.6 Å². The van der Waals surface area contributed by atoms with Gasteiger partial charge in [0.15, 0.2) is 0 Å². The molecule has 0 aromatic heterocycles. The maximum absolute atomic E-state index is 12.4. The summed E-state index contributed by atoms with van der Waals surface area (Å²) < 4.78 is 0. The highest BCUT2D eigenvalue weighted by Crippen LogP contribution is 2.25. The molecule has 1 aliphatic heterocycles. The maximum Gasteiger partial charge on any atom is 0.338 e. The summed E-state index contributed by atoms with van der Waals surface area (Å²) in [6, 6.07) is 5.05. The molecule has 1 aliphatic rings. The summed E-state index contributed by atoms with van der Waals surface area (Å²) in [5, 5.41) is 12.1. The highest BCUT2D eigenvalue weighted by Gasteiger charge is 2.29. The second kappa shape index (κ2) is 6.16. The first-order chi connectivity index (χ1) is 9.91. The maximum atomic E-state index is 12.4. The number of carbonyl (C=O) groups is 2. The van der Waals surface area contributed by atoms with Crippen LogP contribution in [-0.4, -0.2) is 34.6 Å². The van der Waals surface area contributed by atoms with Crippen LogP contribution in [-0.2, 0) is 0 Å². The van der Waals surface area contributed by atoms with Gasteiger partial charge < -0.3 is 15.3 Å². The number of nitrogens with one attached hydrogen (secondary N) is 1. The van der Waals surface area contributed by atoms with Gasteiger partial charge in [-0.15, -0.1) is 0 Å². The lowest BCUT2D eigenvalue weighted by molar-refractivity contribution is 0.0697. The van der Waals surface area contributed by atoms with E-state index in [1.807, 2.05) is 6.92 Å². The fraction of sp³-hybridized carbons (Fsp3) is 0.500. The number of piperidine rings is 1. The van der Waals surface area contributed by atoms with Crippen molar-refractivity contribution in [1.82, 2.24) is 4.90 Å². The number of rotatable bonds is 2. The summed E-state index contributed by atoms with van der Waals surface area (Å²) in [6.07, 6.45) is 2.11. The minimum Gasteiger partial charge on any atom is -0.478 e. The predicted molar refractivity (Wildman–Crippen MR) is 81.7 cm³/mol. The average Bonchev–Trinajstić information content (AvgIpc) is 2.41. The average molecular weight is 290 g/mol. The Bertz CT molecular complexity index is 556. The van der Waals surface area contributed by atoms with E-state index >= 15 is 0 Å². The second-order valence-corrected chi connectivity index (χ2v) is 5.79. The molecule has 114 valence electrons. The minimum atomic E-state index is -1.02. The zero-order chi connectivity index (χ0) is 15.6. The molecule has 0 spiro atoms. The zero-order valence-corrected chi connectivity index (χ0v) is 12.7. The standard InChI is InChI=1S/C16H22N2O3/c1-10-7-5-9-18(12(10)3)16(21)17-13-8-4-6-11(2)14(13)15(19)20/h4,6,8,10,12H,5,7,9H2,1-3H3,(H,17,21)(H,19,20). The van der Waals surface area contributed by atoms with Gasteiger partial charge in [-0.2, -0.15) is 0 Å². The molecule has 21 heavy (non-hydrogen) atoms. The Kier molecular flexibility index (Phi) is 4.50. The zero-order valence-electron chi connectivity index (χ0n) is 12.7. The van der Waals surface area contributed by atoms with Crippen molar-refractivity contribution in [1.29, 1.82) is 0 Å². The first-order valence-electron chi connectivity index (χ1n) is 7.32. The monoisotopic (exact) mass is 290 g/mol. The van der Waals surface area contributed by atoms with Gasteiger partial charge in [-0.1, -0.05) is 19.1 Å². The molecule has 2 rings (SSSR count). The number of aryl methyl sites for hydroxylation is 1. The number of anilines is 1. The number of carboxylic acids is 1. The van der Waals surface area contributed by atoms with Crippen LogP contribution in [0.1, 0.15) is 42.6 Å². The Morgan fingerprint density at radius 2 is 2.05 bits per heavy atom. The van der Waals surface area contributed by atoms with Crippen molar-refractivity contribution in [2.75, 3.05) is 11.9 Å². The summed E-state index contributed by atoms with van der Waals surface area (Å²) >= 11 is 0. The van der Waals surface area contributed by atoms with Crippen LogP contribution in [0.5, 0.6) is 0 Å². The normalized spacial score (nSPS) is 22.0. The highest BCUT2D eigenvalue weighted by atomic mass is 16.4. The van der Waals surface area contributed by atoms with Crippen LogP contribution in [0.15, 0.2) is 18.2 Å². The SMILES string of the molecule is Cc1cccc(NC(=O)N2CCCC(C)C2C)c1C(=O)O. The molecule has 0 aliphatic carbocycles. The van der Waals surface area contributed by atoms with Crippen molar-refractivity contribution in [2.24, 2.45) is 5.92 Å². The van der Waals surface area contributed by atoms with E-state index in [1.54, 1.807) is 30.0 Å². The molecule has 1 aromatic rings. The fourth-order valence-corrected chi connectivity index (χ4v) is 2.86. The molecule has 0 saturated carbocycles. The van der Waals surface area contributed by atoms with Crippen molar-refractivity contribution >= 4 is 17.7 Å². The van der Waals surface area contributed by atoms with Crippen LogP contribution in [0.3, 0.4) is 0 Å². The van der Waals surface area contributed by atoms with Gasteiger partial charge in [0, 0.05) is 12.6 Å². The first-order valence-corrected chi connectivity index (χ1v) is 7.32. The lowest BCUT2D eigenvalue weighted by atomic mass is 9.92. The highest BCUT2D eigenvalue weighted by molar-refractivity contribution is 6.01. The van der Waals surface area contributed by atoms with Crippen LogP contribution >= 0.6 is 0 Å². The summed E-state index contributed by atoms with van der Waals surface area (Å²) in [7, 11) is 0. The number of hydrogen-bond acceptors (Lipinski definition) is 2. The third-order valence-electron chi connectivity index (χ3n) is 4.36. The van der Waals surface area contributed by atoms with Gasteiger partial charge >= 0.3 is 12.0 Å². The van der Waals surface area contributed by atoms with Crippen molar-refractivity contribution in [3.8, 4) is 0 Å². The molecule has 1 saturated heterocycles. The molecule has 2 unspecified atom stereocenters. The Hall–Kier alpha value is -2.04. The van der Waals surface area contributed by atoms with E-state index < -0.39 is 5.97 Å². The molecule has 2 atom stereocenters. The minimum absolute atomic E-state index is 0.156. The van der Waals surface area contributed by atoms with E-state index in [0.717, 1.165) is 12.8 Å². The Morgan fingerprint density at radius 1 is 1.33 bits per heavy atom. The fourth-order valence-electron chi connectivity index (χ4n) is 2.86. The Morgan fingerprint density at radius 3 is 2.71 bits per heavy atom. The topological polar surface area (TPSA) is 69.6 Å². The molecule has 2 N–H and O–H groups in total. The van der Waals surface area contributed by atoms with Gasteiger partial charge in [-0.05, 0) is 44.2 Å². The molecule has 5 nitrogen and oxygen atoms in total. The van der Waals surface area contributed by atoms with Crippen molar-refractivity contribution in [3.63, 3.8) is 0 Å². The van der Waals surface area contributed by atoms with Gasteiger partial charge in [0.25, 0.3) is 0 Å². The number of aromatic carboxylic acids is 1. The van der Waals surface area contributed by atoms with E-state index in [0.29, 0.717) is 23.7 Å². The first kappa shape index (κ1) is 15.4. The van der Waals surface area contributed by atoms with E-state index in [9.17, 15) is 14.7 Å². The number of amides is 2. The summed E-state index contributed by atoms with van der Waals surface area (Å²) in [5.74, 6) is -0.565. The van der Waals surface area contributed by atoms with Gasteiger partial charge in [0.1, 0.15) is 0 Å². The van der Waals surface area contributed by atoms with Crippen LogP contribution in [0, 0.1) is 12.8 Å². The number of urea groups is 1. The number of nitrogens with zero attached hydrogens (tertiary/aromatic N) is 1. The van der Waals surface area contributed by atoms with Gasteiger partial charge in [-0.25, -0.2) is 9.59 Å². The predicted octanol–water partition coefficient (Wildman–Crippen LogP) is 3.35. The molecule has 1 aromatic carbocycles. The third-order valence-corrected chi connectivity index (χ3v) is 4.36. The molecule has 1 heterocycles. The number of carboxylic acid groups (broad SMARTS) is 1. The van der Waals surface area contributed by atoms with Crippen LogP contribution in [0.2, 0.25) is 0 Å². The van der Waals surface area contributed by atoms with Crippen molar-refractivity contribution in [3.05, 3.63) is 29.3 Å². The van der Waals surface area contributed by atoms with Crippen LogP contribution < -0.4 is 5.32 Å². The number of likely N-dealkylation sites (tertiary alicyclic amines) is 1. The smallest absolute Gasteiger partial charge is 0.338 e. The lowest BCUT2D eigenvalue weighted by Gasteiger charge is -2.37. The van der Waals surface area contributed by atoms with E-state index in [2.05, 4.69) is 12.2 Å². The van der Waals surface area contributed by atoms with E-state index in [4.69, 9.17) is 0 Å². The number of benzene rings is 1. The Balaban J connectivity index is 2.20. The quantitative estimate of drug-likeness (QED) is 0.877. The number of hydrogen-bond donors (Lipinski definition) is 2. The molecule has 2 amide bonds. The molecular formula is C16H22N2O3. The third kappa shape index (κ3) is 3.17. The molecule has 0 bridgehead atoms. The summed E-state index contributed by atoms with van der Waals surface area (Å²) in [6.45, 7) is 6.62. The largest absolute Gasteiger partial charge is 0.478 e. The van der Waals surface area contributed by atoms with Gasteiger partial charge in [-0.3, -0.25) is 0 Å². The van der Waals surface area contributed by atoms with Crippen LogP contribution in [0.4, 0.5) is 10.5 Å². The second-order valence-electron chi connectivity index (χ2n) is 5.79. The molecule has 5 heteroatoms. The Labute approximate surface area is 125 Å². The summed E-state index contributed by atoms with van der Waals surface area (Å²) in [5.41, 5.74) is 1.15. The van der Waals surface area contributed by atoms with Crippen molar-refractivity contribution in [2.45, 2.75) is 39.7 Å². The molecular weight excluding hydrogens is 268 g/mol. The molecule has 0 radical (unpaired) electrons. The van der Waals surface area contributed by atoms with Gasteiger partial charge in [0.05, 0.1) is 11.3 Å². The van der Waals surface area contributed by atoms with Gasteiger partial charge in [0.2, 0.25) is 0 Å². The van der Waals surface area contributed by atoms with E-state index in [1.165, 1.54) is 0 Å². The molecule has 1 fully saturated rings.